The molecule has 3 rings (SSSR count). The highest BCUT2D eigenvalue weighted by Crippen LogP contribution is 2.51. The Morgan fingerprint density at radius 1 is 1.38 bits per heavy atom. The number of aromatic nitrogens is 2. The number of fused-ring (bicyclic) bond motifs is 2. The van der Waals surface area contributed by atoms with Crippen LogP contribution >= 0.6 is 0 Å². The van der Waals surface area contributed by atoms with Crippen LogP contribution in [0.4, 0.5) is 5.95 Å². The largest absolute Gasteiger partial charge is 0.369 e. The van der Waals surface area contributed by atoms with E-state index >= 15 is 0 Å². The van der Waals surface area contributed by atoms with E-state index in [-0.39, 0.29) is 0 Å². The van der Waals surface area contributed by atoms with Crippen LogP contribution in [0.2, 0.25) is 0 Å². The van der Waals surface area contributed by atoms with Gasteiger partial charge in [0.15, 0.2) is 5.95 Å². The monoisotopic (exact) mass is 177 g/mol. The highest BCUT2D eigenvalue weighted by Gasteiger charge is 2.40. The maximum atomic E-state index is 5.80. The molecule has 1 aromatic rings. The van der Waals surface area contributed by atoms with Crippen molar-refractivity contribution in [3.63, 3.8) is 0 Å². The van der Waals surface area contributed by atoms with Gasteiger partial charge in [-0.05, 0) is 31.1 Å². The minimum Gasteiger partial charge on any atom is -0.369 e. The zero-order valence-electron chi connectivity index (χ0n) is 7.69. The van der Waals surface area contributed by atoms with Gasteiger partial charge in [0, 0.05) is 18.4 Å². The highest BCUT2D eigenvalue weighted by molar-refractivity contribution is 5.19. The van der Waals surface area contributed by atoms with Crippen molar-refractivity contribution in [2.75, 3.05) is 5.73 Å². The van der Waals surface area contributed by atoms with Crippen molar-refractivity contribution in [1.29, 1.82) is 0 Å². The average molecular weight is 177 g/mol. The molecule has 0 spiro atoms. The number of nitrogens with two attached hydrogens (primary N) is 1. The van der Waals surface area contributed by atoms with Crippen molar-refractivity contribution in [2.24, 2.45) is 11.8 Å². The van der Waals surface area contributed by atoms with Crippen molar-refractivity contribution in [2.45, 2.75) is 31.7 Å². The lowest BCUT2D eigenvalue weighted by atomic mass is 9.95. The fourth-order valence-electron chi connectivity index (χ4n) is 3.16. The third kappa shape index (κ3) is 0.992. The van der Waals surface area contributed by atoms with Gasteiger partial charge in [-0.3, -0.25) is 0 Å². The van der Waals surface area contributed by atoms with Gasteiger partial charge >= 0.3 is 0 Å². The summed E-state index contributed by atoms with van der Waals surface area (Å²) >= 11 is 0. The summed E-state index contributed by atoms with van der Waals surface area (Å²) in [7, 11) is 0. The molecule has 13 heavy (non-hydrogen) atoms. The lowest BCUT2D eigenvalue weighted by molar-refractivity contribution is 0.333. The van der Waals surface area contributed by atoms with Crippen LogP contribution in [0.1, 0.15) is 31.7 Å². The molecule has 2 aliphatic carbocycles. The van der Waals surface area contributed by atoms with Crippen molar-refractivity contribution in [1.82, 2.24) is 9.55 Å². The third-order valence-corrected chi connectivity index (χ3v) is 3.76. The van der Waals surface area contributed by atoms with Crippen LogP contribution in [0, 0.1) is 11.8 Å². The van der Waals surface area contributed by atoms with Gasteiger partial charge in [-0.15, -0.1) is 0 Å². The predicted molar refractivity (Wildman–Crippen MR) is 51.1 cm³/mol. The average Bonchev–Trinajstić information content (AvgIpc) is 2.77. The Hall–Kier alpha value is -0.990. The second-order valence-electron chi connectivity index (χ2n) is 4.43. The van der Waals surface area contributed by atoms with Gasteiger partial charge in [0.2, 0.25) is 0 Å². The standard InChI is InChI=1S/C10H15N3/c11-10-12-3-4-13(10)9-6-7-1-2-8(9)5-7/h3-4,7-9H,1-2,5-6H2,(H2,11,12). The second kappa shape index (κ2) is 2.50. The molecule has 0 aliphatic heterocycles. The Balaban J connectivity index is 1.91. The second-order valence-corrected chi connectivity index (χ2v) is 4.43. The Kier molecular flexibility index (Phi) is 1.43. The number of nitrogens with zero attached hydrogens (tertiary/aromatic N) is 2. The summed E-state index contributed by atoms with van der Waals surface area (Å²) in [5.74, 6) is 2.54. The van der Waals surface area contributed by atoms with Gasteiger partial charge in [0.25, 0.3) is 0 Å². The van der Waals surface area contributed by atoms with Crippen molar-refractivity contribution in [3.8, 4) is 0 Å². The predicted octanol–water partition coefficient (Wildman–Crippen LogP) is 1.83. The summed E-state index contributed by atoms with van der Waals surface area (Å²) < 4.78 is 2.17. The van der Waals surface area contributed by atoms with E-state index in [0.717, 1.165) is 11.8 Å². The molecule has 3 heteroatoms. The first-order chi connectivity index (χ1) is 6.34. The molecular weight excluding hydrogens is 162 g/mol. The zero-order valence-corrected chi connectivity index (χ0v) is 7.69. The first kappa shape index (κ1) is 7.42. The van der Waals surface area contributed by atoms with Crippen LogP contribution in [-0.4, -0.2) is 9.55 Å². The van der Waals surface area contributed by atoms with Crippen LogP contribution < -0.4 is 5.73 Å². The van der Waals surface area contributed by atoms with Gasteiger partial charge in [-0.2, -0.15) is 0 Å². The highest BCUT2D eigenvalue weighted by atomic mass is 15.2. The Labute approximate surface area is 78.0 Å². The molecule has 0 radical (unpaired) electrons. The Morgan fingerprint density at radius 3 is 2.85 bits per heavy atom. The van der Waals surface area contributed by atoms with E-state index in [1.165, 1.54) is 25.7 Å². The quantitative estimate of drug-likeness (QED) is 0.711. The van der Waals surface area contributed by atoms with E-state index in [1.54, 1.807) is 6.20 Å². The smallest absolute Gasteiger partial charge is 0.200 e. The number of nitrogen functional groups attached to an aromatic ring is 1. The first-order valence-corrected chi connectivity index (χ1v) is 5.13. The van der Waals surface area contributed by atoms with Crippen molar-refractivity contribution < 1.29 is 0 Å². The summed E-state index contributed by atoms with van der Waals surface area (Å²) in [4.78, 5) is 4.09. The van der Waals surface area contributed by atoms with Crippen LogP contribution in [0.25, 0.3) is 0 Å². The first-order valence-electron chi connectivity index (χ1n) is 5.13. The summed E-state index contributed by atoms with van der Waals surface area (Å²) in [5, 5.41) is 0. The molecule has 3 atom stereocenters. The number of anilines is 1. The normalized spacial score (nSPS) is 37.1. The van der Waals surface area contributed by atoms with E-state index in [0.29, 0.717) is 12.0 Å². The molecule has 3 unspecified atom stereocenters. The molecule has 2 N–H and O–H groups in total. The van der Waals surface area contributed by atoms with E-state index in [2.05, 4.69) is 9.55 Å². The lowest BCUT2D eigenvalue weighted by Crippen LogP contribution is -2.17. The van der Waals surface area contributed by atoms with E-state index in [1.807, 2.05) is 6.20 Å². The molecule has 2 aliphatic rings. The third-order valence-electron chi connectivity index (χ3n) is 3.76. The van der Waals surface area contributed by atoms with Gasteiger partial charge in [-0.1, -0.05) is 6.42 Å². The minimum absolute atomic E-state index is 0.654. The number of imidazole rings is 1. The minimum atomic E-state index is 0.654. The maximum absolute atomic E-state index is 5.80. The van der Waals surface area contributed by atoms with Crippen LogP contribution in [0.3, 0.4) is 0 Å². The van der Waals surface area contributed by atoms with E-state index < -0.39 is 0 Å². The van der Waals surface area contributed by atoms with E-state index in [4.69, 9.17) is 5.73 Å². The van der Waals surface area contributed by atoms with Gasteiger partial charge in [-0.25, -0.2) is 4.98 Å². The zero-order chi connectivity index (χ0) is 8.84. The summed E-state index contributed by atoms with van der Waals surface area (Å²) in [6.07, 6.45) is 9.41. The van der Waals surface area contributed by atoms with Crippen LogP contribution in [0.15, 0.2) is 12.4 Å². The molecule has 0 saturated heterocycles. The van der Waals surface area contributed by atoms with Gasteiger partial charge in [0.1, 0.15) is 0 Å². The number of rotatable bonds is 1. The molecule has 1 heterocycles. The summed E-state index contributed by atoms with van der Waals surface area (Å²) in [6.45, 7) is 0. The van der Waals surface area contributed by atoms with Crippen molar-refractivity contribution in [3.05, 3.63) is 12.4 Å². The molecule has 2 saturated carbocycles. The van der Waals surface area contributed by atoms with Crippen LogP contribution in [-0.2, 0) is 0 Å². The van der Waals surface area contributed by atoms with Gasteiger partial charge in [0.05, 0.1) is 0 Å². The fourth-order valence-corrected chi connectivity index (χ4v) is 3.16. The molecular formula is C10H15N3. The SMILES string of the molecule is Nc1nccn1C1CC2CCC1C2. The van der Waals surface area contributed by atoms with Gasteiger partial charge < -0.3 is 10.3 Å². The molecule has 2 bridgehead atoms. The molecule has 2 fully saturated rings. The topological polar surface area (TPSA) is 43.8 Å². The lowest BCUT2D eigenvalue weighted by Gasteiger charge is -2.23. The molecule has 70 valence electrons. The fraction of sp³-hybridized carbons (Fsp3) is 0.700. The van der Waals surface area contributed by atoms with Crippen molar-refractivity contribution >= 4 is 5.95 Å². The van der Waals surface area contributed by atoms with E-state index in [9.17, 15) is 0 Å². The number of hydrogen-bond acceptors (Lipinski definition) is 2. The molecule has 0 amide bonds. The Morgan fingerprint density at radius 2 is 2.31 bits per heavy atom. The number of hydrogen-bond donors (Lipinski definition) is 1. The molecule has 3 nitrogen and oxygen atoms in total. The maximum Gasteiger partial charge on any atom is 0.200 e. The molecule has 1 aromatic heterocycles. The van der Waals surface area contributed by atoms with Crippen LogP contribution in [0.5, 0.6) is 0 Å². The Bertz CT molecular complexity index is 318. The summed E-state index contributed by atoms with van der Waals surface area (Å²) in [6, 6.07) is 0.654. The summed E-state index contributed by atoms with van der Waals surface area (Å²) in [5.41, 5.74) is 5.80. The molecule has 0 aromatic carbocycles.